The largest absolute Gasteiger partial charge is 1.00 e. The predicted octanol–water partition coefficient (Wildman–Crippen LogP) is -1.99. The third-order valence-corrected chi connectivity index (χ3v) is 2.32. The van der Waals surface area contributed by atoms with Crippen molar-refractivity contribution in [3.05, 3.63) is 16.8 Å². The molecule has 0 radical (unpaired) electrons. The van der Waals surface area contributed by atoms with Gasteiger partial charge in [0.05, 0.1) is 24.8 Å². The van der Waals surface area contributed by atoms with Gasteiger partial charge in [0.15, 0.2) is 0 Å². The Kier molecular flexibility index (Phi) is 9.11. The normalized spacial score (nSPS) is 13.9. The van der Waals surface area contributed by atoms with Crippen molar-refractivity contribution >= 4 is 24.0 Å². The van der Waals surface area contributed by atoms with Crippen LogP contribution in [0, 0.1) is 16.8 Å². The number of morpholine rings is 1. The molecule has 100 valence electrons. The fourth-order valence-corrected chi connectivity index (χ4v) is 1.46. The fraction of sp³-hybridized carbons (Fsp3) is 0.500. The Morgan fingerprint density at radius 1 is 1.58 bits per heavy atom. The second kappa shape index (κ2) is 9.38. The van der Waals surface area contributed by atoms with Crippen LogP contribution in [-0.2, 0) is 9.53 Å². The number of aromatic amines is 1. The molecule has 0 saturated carbocycles. The Bertz CT molecular complexity index is 462. The quantitative estimate of drug-likeness (QED) is 0.355. The zero-order valence-corrected chi connectivity index (χ0v) is 13.6. The molecule has 0 bridgehead atoms. The van der Waals surface area contributed by atoms with Crippen LogP contribution in [0.25, 0.3) is 0 Å². The number of ether oxygens (including phenoxy) is 1. The Morgan fingerprint density at radius 2 is 2.11 bits per heavy atom. The van der Waals surface area contributed by atoms with Crippen LogP contribution in [0.3, 0.4) is 0 Å². The number of nitrogens with one attached hydrogen (secondary N) is 1. The maximum Gasteiger partial charge on any atom is 1.00 e. The minimum Gasteiger partial charge on any atom is -0.481 e. The predicted molar refractivity (Wildman–Crippen MR) is 64.6 cm³/mol. The van der Waals surface area contributed by atoms with E-state index in [1.165, 1.54) is 0 Å². The van der Waals surface area contributed by atoms with Gasteiger partial charge in [-0.3, -0.25) is 4.79 Å². The first-order valence-corrected chi connectivity index (χ1v) is 5.61. The summed E-state index contributed by atoms with van der Waals surface area (Å²) in [5, 5.41) is 7.42. The van der Waals surface area contributed by atoms with Gasteiger partial charge < -0.3 is 24.7 Å². The smallest absolute Gasteiger partial charge is 0.481 e. The molecule has 2 N–H and O–H groups in total. The number of hydrogen-bond donors (Lipinski definition) is 2. The Labute approximate surface area is 137 Å². The van der Waals surface area contributed by atoms with Crippen molar-refractivity contribution in [1.82, 2.24) is 9.97 Å². The van der Waals surface area contributed by atoms with E-state index in [1.54, 1.807) is 4.90 Å². The van der Waals surface area contributed by atoms with Crippen molar-refractivity contribution in [2.75, 3.05) is 31.2 Å². The van der Waals surface area contributed by atoms with Gasteiger partial charge in [0.25, 0.3) is 5.97 Å². The maximum atomic E-state index is 13.5. The zero-order chi connectivity index (χ0) is 13.5. The van der Waals surface area contributed by atoms with Gasteiger partial charge in [0.1, 0.15) is 0 Å². The maximum absolute atomic E-state index is 13.5. The van der Waals surface area contributed by atoms with Crippen molar-refractivity contribution in [3.63, 3.8) is 0 Å². The minimum atomic E-state index is -0.833. The molecule has 1 saturated heterocycles. The monoisotopic (exact) mass is 297 g/mol. The Hall–Kier alpha value is -0.540. The molecule has 1 aliphatic heterocycles. The van der Waals surface area contributed by atoms with Crippen LogP contribution in [-0.4, -0.2) is 47.3 Å². The van der Waals surface area contributed by atoms with Crippen molar-refractivity contribution in [3.8, 4) is 0 Å². The topological polar surface area (TPSA) is 78.4 Å². The third kappa shape index (κ3) is 6.44. The van der Waals surface area contributed by atoms with Crippen LogP contribution in [0.4, 0.5) is 10.2 Å². The van der Waals surface area contributed by atoms with Crippen LogP contribution >= 0.6 is 12.2 Å². The van der Waals surface area contributed by atoms with E-state index in [4.69, 9.17) is 26.9 Å². The average molecular weight is 297 g/mol. The molecule has 0 amide bonds. The second-order valence-electron chi connectivity index (χ2n) is 3.43. The summed E-state index contributed by atoms with van der Waals surface area (Å²) < 4.78 is 18.7. The van der Waals surface area contributed by atoms with Crippen LogP contribution in [0.15, 0.2) is 0 Å². The molecule has 6 nitrogen and oxygen atoms in total. The molecule has 2 heterocycles. The number of H-pyrrole nitrogens is 1. The van der Waals surface area contributed by atoms with E-state index in [0.717, 1.165) is 6.92 Å². The first-order valence-electron chi connectivity index (χ1n) is 5.20. The summed E-state index contributed by atoms with van der Waals surface area (Å²) in [6.45, 7) is 3.53. The summed E-state index contributed by atoms with van der Waals surface area (Å²) in [6.07, 6.45) is 2.47. The fourth-order valence-electron chi connectivity index (χ4n) is 1.32. The summed E-state index contributed by atoms with van der Waals surface area (Å²) in [7, 11) is 0. The molecule has 0 aromatic carbocycles. The van der Waals surface area contributed by atoms with E-state index in [2.05, 4.69) is 16.3 Å². The molecule has 1 fully saturated rings. The van der Waals surface area contributed by atoms with E-state index in [9.17, 15) is 4.39 Å². The molecule has 2 rings (SSSR count). The Balaban J connectivity index is 0.000000576. The van der Waals surface area contributed by atoms with E-state index >= 15 is 0 Å². The van der Waals surface area contributed by atoms with Crippen molar-refractivity contribution in [2.24, 2.45) is 0 Å². The van der Waals surface area contributed by atoms with Crippen molar-refractivity contribution in [1.29, 1.82) is 0 Å². The number of aromatic nitrogens is 2. The number of carboxylic acids is 1. The molecule has 19 heavy (non-hydrogen) atoms. The summed E-state index contributed by atoms with van der Waals surface area (Å²) in [6, 6.07) is 0. The summed E-state index contributed by atoms with van der Waals surface area (Å²) in [5.74, 6) is -1.06. The minimum absolute atomic E-state index is 0. The summed E-state index contributed by atoms with van der Waals surface area (Å²) in [4.78, 5) is 17.0. The van der Waals surface area contributed by atoms with Crippen molar-refractivity contribution < 1.29 is 48.6 Å². The van der Waals surface area contributed by atoms with Gasteiger partial charge in [-0.15, -0.1) is 12.2 Å². The molecule has 1 aliphatic rings. The van der Waals surface area contributed by atoms with Gasteiger partial charge >= 0.3 is 29.6 Å². The molecule has 9 heteroatoms. The van der Waals surface area contributed by atoms with Crippen molar-refractivity contribution in [2.45, 2.75) is 6.92 Å². The molecule has 0 aliphatic carbocycles. The number of carboxylic acid groups (broad SMARTS) is 1. The molecule has 0 unspecified atom stereocenters. The Morgan fingerprint density at radius 3 is 2.63 bits per heavy atom. The SMILES string of the molecule is CC(=O)O.Fc1c(N2CCOCC2)n[c-][nH]c1=S.[Na+]. The van der Waals surface area contributed by atoms with Crippen LogP contribution < -0.4 is 34.5 Å². The van der Waals surface area contributed by atoms with Gasteiger partial charge in [-0.1, -0.05) is 0 Å². The number of anilines is 1. The number of rotatable bonds is 1. The van der Waals surface area contributed by atoms with Gasteiger partial charge in [0.2, 0.25) is 0 Å². The van der Waals surface area contributed by atoms with Gasteiger partial charge in [-0.2, -0.15) is 0 Å². The molecule has 1 aromatic heterocycles. The number of hydrogen-bond acceptors (Lipinski definition) is 5. The molecule has 0 spiro atoms. The van der Waals surface area contributed by atoms with Crippen LogP contribution in [0.1, 0.15) is 6.92 Å². The first-order chi connectivity index (χ1) is 8.52. The third-order valence-electron chi connectivity index (χ3n) is 2.04. The molecular formula is C10H13FN3NaO3S. The van der Waals surface area contributed by atoms with E-state index in [0.29, 0.717) is 26.3 Å². The summed E-state index contributed by atoms with van der Waals surface area (Å²) in [5.41, 5.74) is 0. The number of halogens is 1. The van der Waals surface area contributed by atoms with E-state index < -0.39 is 11.8 Å². The van der Waals surface area contributed by atoms with E-state index in [-0.39, 0.29) is 40.0 Å². The molecular weight excluding hydrogens is 284 g/mol. The standard InChI is InChI=1S/C8H9FN3OS.C2H4O2.Na/c9-6-7(10-5-11-8(6)14)12-1-3-13-4-2-12;1-2(3)4;/h1-4H2,(H,10,11,14);1H3,(H,3,4);/q-1;;+1. The van der Waals surface area contributed by atoms with Crippen LogP contribution in [0.2, 0.25) is 0 Å². The zero-order valence-electron chi connectivity index (χ0n) is 10.8. The first kappa shape index (κ1) is 18.5. The number of carbonyl (C=O) groups is 1. The average Bonchev–Trinajstić information content (AvgIpc) is 2.33. The van der Waals surface area contributed by atoms with Gasteiger partial charge in [-0.25, -0.2) is 4.39 Å². The van der Waals surface area contributed by atoms with E-state index in [1.807, 2.05) is 0 Å². The summed E-state index contributed by atoms with van der Waals surface area (Å²) >= 11 is 4.75. The van der Waals surface area contributed by atoms with Crippen LogP contribution in [0.5, 0.6) is 0 Å². The number of aliphatic carboxylic acids is 1. The van der Waals surface area contributed by atoms with Gasteiger partial charge in [-0.05, 0) is 0 Å². The number of nitrogens with zero attached hydrogens (tertiary/aromatic N) is 2. The second-order valence-corrected chi connectivity index (χ2v) is 3.84. The van der Waals surface area contributed by atoms with Gasteiger partial charge in [0, 0.05) is 31.0 Å². The molecule has 1 aromatic rings. The molecule has 0 atom stereocenters.